The SMILES string of the molecule is O=Cc1c(F)cccc1OCC1CCCCC1c1ccnn1C1CC1. The van der Waals surface area contributed by atoms with Crippen LogP contribution in [0.2, 0.25) is 0 Å². The Balaban J connectivity index is 1.51. The number of rotatable bonds is 6. The molecule has 0 N–H and O–H groups in total. The third-order valence-electron chi connectivity index (χ3n) is 5.47. The van der Waals surface area contributed by atoms with Gasteiger partial charge in [0.25, 0.3) is 0 Å². The van der Waals surface area contributed by atoms with Crippen LogP contribution in [0.4, 0.5) is 4.39 Å². The minimum absolute atomic E-state index is 0.0119. The zero-order valence-electron chi connectivity index (χ0n) is 14.2. The van der Waals surface area contributed by atoms with E-state index in [0.29, 0.717) is 36.5 Å². The van der Waals surface area contributed by atoms with Crippen LogP contribution in [-0.2, 0) is 0 Å². The maximum Gasteiger partial charge on any atom is 0.156 e. The van der Waals surface area contributed by atoms with E-state index in [1.165, 1.54) is 37.4 Å². The van der Waals surface area contributed by atoms with E-state index in [1.54, 1.807) is 12.1 Å². The van der Waals surface area contributed by atoms with Crippen molar-refractivity contribution < 1.29 is 13.9 Å². The highest BCUT2D eigenvalue weighted by molar-refractivity contribution is 5.79. The summed E-state index contributed by atoms with van der Waals surface area (Å²) in [6.07, 6.45) is 9.50. The minimum atomic E-state index is -0.528. The van der Waals surface area contributed by atoms with Crippen LogP contribution in [-0.4, -0.2) is 22.7 Å². The fraction of sp³-hybridized carbons (Fsp3) is 0.500. The van der Waals surface area contributed by atoms with E-state index >= 15 is 0 Å². The zero-order chi connectivity index (χ0) is 17.2. The number of benzene rings is 1. The number of ether oxygens (including phenoxy) is 1. The van der Waals surface area contributed by atoms with Crippen molar-refractivity contribution in [3.63, 3.8) is 0 Å². The molecule has 2 atom stereocenters. The Kier molecular flexibility index (Phi) is 4.55. The number of hydrogen-bond donors (Lipinski definition) is 0. The van der Waals surface area contributed by atoms with E-state index in [-0.39, 0.29) is 5.56 Å². The van der Waals surface area contributed by atoms with Crippen LogP contribution in [0.1, 0.15) is 66.5 Å². The van der Waals surface area contributed by atoms with E-state index < -0.39 is 5.82 Å². The van der Waals surface area contributed by atoms with Crippen LogP contribution >= 0.6 is 0 Å². The normalized spacial score (nSPS) is 23.4. The molecule has 0 spiro atoms. The summed E-state index contributed by atoms with van der Waals surface area (Å²) in [5, 5.41) is 4.53. The van der Waals surface area contributed by atoms with Gasteiger partial charge in [-0.2, -0.15) is 5.10 Å². The number of carbonyl (C=O) groups is 1. The molecule has 0 saturated heterocycles. The Morgan fingerprint density at radius 2 is 2.04 bits per heavy atom. The lowest BCUT2D eigenvalue weighted by atomic mass is 9.78. The Morgan fingerprint density at radius 1 is 1.20 bits per heavy atom. The van der Waals surface area contributed by atoms with E-state index in [2.05, 4.69) is 15.8 Å². The average molecular weight is 342 g/mol. The number of halogens is 1. The van der Waals surface area contributed by atoms with Crippen molar-refractivity contribution in [1.29, 1.82) is 0 Å². The topological polar surface area (TPSA) is 44.1 Å². The lowest BCUT2D eigenvalue weighted by molar-refractivity contribution is 0.111. The Bertz CT molecular complexity index is 754. The molecule has 25 heavy (non-hydrogen) atoms. The maximum absolute atomic E-state index is 13.7. The summed E-state index contributed by atoms with van der Waals surface area (Å²) >= 11 is 0. The maximum atomic E-state index is 13.7. The molecule has 2 aromatic rings. The van der Waals surface area contributed by atoms with Gasteiger partial charge in [-0.15, -0.1) is 0 Å². The zero-order valence-corrected chi connectivity index (χ0v) is 14.2. The lowest BCUT2D eigenvalue weighted by Gasteiger charge is -2.32. The van der Waals surface area contributed by atoms with Crippen molar-refractivity contribution in [2.24, 2.45) is 5.92 Å². The van der Waals surface area contributed by atoms with E-state index in [4.69, 9.17) is 4.74 Å². The molecular weight excluding hydrogens is 319 g/mol. The third-order valence-corrected chi connectivity index (χ3v) is 5.47. The molecule has 1 heterocycles. The summed E-state index contributed by atoms with van der Waals surface area (Å²) in [5.41, 5.74) is 1.32. The average Bonchev–Trinajstić information content (AvgIpc) is 3.37. The summed E-state index contributed by atoms with van der Waals surface area (Å²) in [5.74, 6) is 0.602. The van der Waals surface area contributed by atoms with Gasteiger partial charge in [0.15, 0.2) is 6.29 Å². The van der Waals surface area contributed by atoms with Crippen LogP contribution in [0.25, 0.3) is 0 Å². The van der Waals surface area contributed by atoms with E-state index in [0.717, 1.165) is 12.8 Å². The van der Waals surface area contributed by atoms with Gasteiger partial charge in [0.1, 0.15) is 11.6 Å². The summed E-state index contributed by atoms with van der Waals surface area (Å²) in [6, 6.07) is 7.24. The van der Waals surface area contributed by atoms with Crippen LogP contribution < -0.4 is 4.74 Å². The molecule has 2 fully saturated rings. The summed E-state index contributed by atoms with van der Waals surface area (Å²) in [4.78, 5) is 11.1. The predicted molar refractivity (Wildman–Crippen MR) is 92.5 cm³/mol. The van der Waals surface area contributed by atoms with Crippen molar-refractivity contribution in [1.82, 2.24) is 9.78 Å². The number of carbonyl (C=O) groups excluding carboxylic acids is 1. The molecule has 4 rings (SSSR count). The molecule has 132 valence electrons. The molecule has 5 heteroatoms. The highest BCUT2D eigenvalue weighted by atomic mass is 19.1. The van der Waals surface area contributed by atoms with Gasteiger partial charge in [-0.05, 0) is 43.9 Å². The second kappa shape index (κ2) is 6.98. The monoisotopic (exact) mass is 342 g/mol. The summed E-state index contributed by atoms with van der Waals surface area (Å²) in [7, 11) is 0. The molecule has 0 aliphatic heterocycles. The smallest absolute Gasteiger partial charge is 0.156 e. The molecule has 2 aliphatic carbocycles. The molecule has 0 radical (unpaired) electrons. The van der Waals surface area contributed by atoms with Crippen molar-refractivity contribution in [3.8, 4) is 5.75 Å². The molecule has 2 aliphatic rings. The molecule has 2 saturated carbocycles. The van der Waals surface area contributed by atoms with Gasteiger partial charge in [-0.25, -0.2) is 4.39 Å². The summed E-state index contributed by atoms with van der Waals surface area (Å²) < 4.78 is 21.8. The predicted octanol–water partition coefficient (Wildman–Crippen LogP) is 4.52. The summed E-state index contributed by atoms with van der Waals surface area (Å²) in [6.45, 7) is 0.505. The molecule has 0 amide bonds. The first kappa shape index (κ1) is 16.3. The molecule has 1 aromatic carbocycles. The largest absolute Gasteiger partial charge is 0.492 e. The number of hydrogen-bond acceptors (Lipinski definition) is 3. The second-order valence-corrected chi connectivity index (χ2v) is 7.16. The van der Waals surface area contributed by atoms with Crippen LogP contribution in [0.3, 0.4) is 0 Å². The van der Waals surface area contributed by atoms with Crippen LogP contribution in [0.5, 0.6) is 5.75 Å². The van der Waals surface area contributed by atoms with Gasteiger partial charge in [-0.3, -0.25) is 9.48 Å². The number of nitrogens with zero attached hydrogens (tertiary/aromatic N) is 2. The molecule has 2 unspecified atom stereocenters. The van der Waals surface area contributed by atoms with E-state index in [9.17, 15) is 9.18 Å². The van der Waals surface area contributed by atoms with Gasteiger partial charge in [0.05, 0.1) is 18.2 Å². The Labute approximate surface area is 147 Å². The van der Waals surface area contributed by atoms with Crippen LogP contribution in [0.15, 0.2) is 30.5 Å². The van der Waals surface area contributed by atoms with Gasteiger partial charge in [0, 0.05) is 23.7 Å². The fourth-order valence-electron chi connectivity index (χ4n) is 3.99. The van der Waals surface area contributed by atoms with Crippen molar-refractivity contribution in [2.45, 2.75) is 50.5 Å². The van der Waals surface area contributed by atoms with Gasteiger partial charge < -0.3 is 4.74 Å². The standard InChI is InChI=1S/C20H23FN2O2/c21-18-6-3-7-20(17(18)12-24)25-13-14-4-1-2-5-16(14)19-10-11-22-23(19)15-8-9-15/h3,6-7,10-12,14-16H,1-2,4-5,8-9,13H2. The first-order chi connectivity index (χ1) is 12.3. The second-order valence-electron chi connectivity index (χ2n) is 7.16. The van der Waals surface area contributed by atoms with Crippen LogP contribution in [0, 0.1) is 11.7 Å². The first-order valence-electron chi connectivity index (χ1n) is 9.18. The van der Waals surface area contributed by atoms with E-state index in [1.807, 2.05) is 6.20 Å². The molecular formula is C20H23FN2O2. The Hall–Kier alpha value is -2.17. The van der Waals surface area contributed by atoms with Crippen molar-refractivity contribution in [2.75, 3.05) is 6.61 Å². The van der Waals surface area contributed by atoms with Crippen molar-refractivity contribution >= 4 is 6.29 Å². The molecule has 0 bridgehead atoms. The Morgan fingerprint density at radius 3 is 2.84 bits per heavy atom. The number of aldehydes is 1. The highest BCUT2D eigenvalue weighted by Crippen LogP contribution is 2.42. The van der Waals surface area contributed by atoms with Crippen molar-refractivity contribution in [3.05, 3.63) is 47.5 Å². The lowest BCUT2D eigenvalue weighted by Crippen LogP contribution is -2.26. The first-order valence-corrected chi connectivity index (χ1v) is 9.18. The van der Waals surface area contributed by atoms with Gasteiger partial charge >= 0.3 is 0 Å². The third kappa shape index (κ3) is 3.32. The quantitative estimate of drug-likeness (QED) is 0.725. The minimum Gasteiger partial charge on any atom is -0.492 e. The molecule has 1 aromatic heterocycles. The van der Waals surface area contributed by atoms with Gasteiger partial charge in [-0.1, -0.05) is 18.9 Å². The fourth-order valence-corrected chi connectivity index (χ4v) is 3.99. The number of aromatic nitrogens is 2. The van der Waals surface area contributed by atoms with Gasteiger partial charge in [0.2, 0.25) is 0 Å². The molecule has 4 nitrogen and oxygen atoms in total. The highest BCUT2D eigenvalue weighted by Gasteiger charge is 2.33.